The molecule has 2 rings (SSSR count). The molecule has 1 atom stereocenters. The lowest BCUT2D eigenvalue weighted by atomic mass is 10.0. The molecule has 4 heteroatoms. The number of carbonyl (C=O) groups excluding carboxylic acids is 1. The van der Waals surface area contributed by atoms with Crippen molar-refractivity contribution < 1.29 is 9.53 Å². The number of rotatable bonds is 4. The normalized spacial score (nSPS) is 12.8. The number of aryl methyl sites for hydroxylation is 2. The van der Waals surface area contributed by atoms with Crippen LogP contribution in [-0.2, 0) is 11.2 Å². The lowest BCUT2D eigenvalue weighted by Gasteiger charge is -2.23. The van der Waals surface area contributed by atoms with E-state index < -0.39 is 0 Å². The van der Waals surface area contributed by atoms with Gasteiger partial charge in [0.05, 0.1) is 0 Å². The largest absolute Gasteiger partial charge is 0.446 e. The summed E-state index contributed by atoms with van der Waals surface area (Å²) in [5.41, 5.74) is 5.73. The summed E-state index contributed by atoms with van der Waals surface area (Å²) in [6.07, 6.45) is 0.130. The van der Waals surface area contributed by atoms with Crippen molar-refractivity contribution in [1.29, 1.82) is 0 Å². The second-order valence-corrected chi connectivity index (χ2v) is 7.81. The zero-order chi connectivity index (χ0) is 18.8. The van der Waals surface area contributed by atoms with Gasteiger partial charge in [0.1, 0.15) is 6.10 Å². The number of nitrogens with zero attached hydrogens (tertiary/aromatic N) is 1. The van der Waals surface area contributed by atoms with E-state index in [1.165, 1.54) is 28.2 Å². The van der Waals surface area contributed by atoms with Crippen LogP contribution in [0.1, 0.15) is 50.2 Å². The minimum absolute atomic E-state index is 0.192. The van der Waals surface area contributed by atoms with Gasteiger partial charge in [-0.25, -0.2) is 4.79 Å². The summed E-state index contributed by atoms with van der Waals surface area (Å²) in [5.74, 6) is 0. The minimum Gasteiger partial charge on any atom is -0.446 e. The van der Waals surface area contributed by atoms with Gasteiger partial charge in [0.2, 0.25) is 0 Å². The van der Waals surface area contributed by atoms with Crippen molar-refractivity contribution >= 4 is 6.09 Å². The number of ether oxygens (including phenoxy) is 1. The average Bonchev–Trinajstić information content (AvgIpc) is 2.78. The topological polar surface area (TPSA) is 43.3 Å². The van der Waals surface area contributed by atoms with E-state index in [1.807, 2.05) is 27.7 Å². The molecule has 1 aromatic carbocycles. The monoisotopic (exact) mass is 342 g/mol. The minimum atomic E-state index is -0.370. The van der Waals surface area contributed by atoms with Crippen molar-refractivity contribution in [2.45, 2.75) is 66.5 Å². The summed E-state index contributed by atoms with van der Waals surface area (Å²) in [4.78, 5) is 11.9. The number of carbonyl (C=O) groups is 1. The Balaban J connectivity index is 2.16. The second-order valence-electron chi connectivity index (χ2n) is 7.81. The molecule has 25 heavy (non-hydrogen) atoms. The lowest BCUT2D eigenvalue weighted by molar-refractivity contribution is 0.0999. The highest BCUT2D eigenvalue weighted by Crippen LogP contribution is 2.23. The second kappa shape index (κ2) is 7.34. The third-order valence-corrected chi connectivity index (χ3v) is 4.22. The van der Waals surface area contributed by atoms with Gasteiger partial charge in [-0.2, -0.15) is 0 Å². The average molecular weight is 342 g/mol. The van der Waals surface area contributed by atoms with Gasteiger partial charge in [-0.05, 0) is 77.8 Å². The number of hydrogen-bond acceptors (Lipinski definition) is 2. The molecule has 136 valence electrons. The SMILES string of the molecule is Cc1c(C[C@@H](C)OC(=O)NC(C)(C)C)cccc1-n1c(C)ccc1C. The van der Waals surface area contributed by atoms with Crippen molar-refractivity contribution in [2.24, 2.45) is 0 Å². The molecule has 0 saturated heterocycles. The van der Waals surface area contributed by atoms with Gasteiger partial charge in [0.15, 0.2) is 0 Å². The molecule has 2 aromatic rings. The fourth-order valence-electron chi connectivity index (χ4n) is 3.05. The maximum absolute atomic E-state index is 11.9. The van der Waals surface area contributed by atoms with E-state index in [9.17, 15) is 4.79 Å². The van der Waals surface area contributed by atoms with Crippen LogP contribution >= 0.6 is 0 Å². The maximum atomic E-state index is 11.9. The first-order valence-corrected chi connectivity index (χ1v) is 8.81. The molecule has 0 aliphatic rings. The number of hydrogen-bond donors (Lipinski definition) is 1. The van der Waals surface area contributed by atoms with Crippen LogP contribution in [-0.4, -0.2) is 22.3 Å². The summed E-state index contributed by atoms with van der Waals surface area (Å²) in [6.45, 7) is 14.1. The molecule has 0 bridgehead atoms. The lowest BCUT2D eigenvalue weighted by Crippen LogP contribution is -2.42. The molecule has 0 aliphatic heterocycles. The highest BCUT2D eigenvalue weighted by atomic mass is 16.6. The molecule has 1 heterocycles. The Labute approximate surface area is 151 Å². The molecular formula is C21H30N2O2. The number of alkyl carbamates (subject to hydrolysis) is 1. The molecule has 1 N–H and O–H groups in total. The zero-order valence-corrected chi connectivity index (χ0v) is 16.4. The summed E-state index contributed by atoms with van der Waals surface area (Å²) in [6, 6.07) is 10.6. The summed E-state index contributed by atoms with van der Waals surface area (Å²) < 4.78 is 7.77. The van der Waals surface area contributed by atoms with Gasteiger partial charge in [0, 0.05) is 29.0 Å². The first-order valence-electron chi connectivity index (χ1n) is 8.81. The molecule has 0 aliphatic carbocycles. The van der Waals surface area contributed by atoms with E-state index in [0.717, 1.165) is 0 Å². The van der Waals surface area contributed by atoms with E-state index in [1.54, 1.807) is 0 Å². The fourth-order valence-corrected chi connectivity index (χ4v) is 3.05. The first-order chi connectivity index (χ1) is 11.6. The highest BCUT2D eigenvalue weighted by Gasteiger charge is 2.18. The van der Waals surface area contributed by atoms with Crippen molar-refractivity contribution in [2.75, 3.05) is 0 Å². The highest BCUT2D eigenvalue weighted by molar-refractivity contribution is 5.68. The van der Waals surface area contributed by atoms with Crippen LogP contribution in [0.5, 0.6) is 0 Å². The molecule has 1 aromatic heterocycles. The van der Waals surface area contributed by atoms with Crippen LogP contribution in [0.4, 0.5) is 4.79 Å². The number of benzene rings is 1. The van der Waals surface area contributed by atoms with E-state index in [2.05, 4.69) is 61.0 Å². The van der Waals surface area contributed by atoms with E-state index in [4.69, 9.17) is 4.74 Å². The third-order valence-electron chi connectivity index (χ3n) is 4.22. The third kappa shape index (κ3) is 4.88. The van der Waals surface area contributed by atoms with Crippen LogP contribution in [0.25, 0.3) is 5.69 Å². The molecule has 0 saturated carbocycles. The number of aromatic nitrogens is 1. The molecule has 0 spiro atoms. The van der Waals surface area contributed by atoms with E-state index >= 15 is 0 Å². The number of amides is 1. The first kappa shape index (κ1) is 19.1. The van der Waals surface area contributed by atoms with E-state index in [-0.39, 0.29) is 17.7 Å². The van der Waals surface area contributed by atoms with Crippen LogP contribution in [0.3, 0.4) is 0 Å². The van der Waals surface area contributed by atoms with Crippen molar-refractivity contribution in [3.63, 3.8) is 0 Å². The van der Waals surface area contributed by atoms with Crippen LogP contribution in [0, 0.1) is 20.8 Å². The summed E-state index contributed by atoms with van der Waals surface area (Å²) in [7, 11) is 0. The predicted molar refractivity (Wildman–Crippen MR) is 103 cm³/mol. The molecular weight excluding hydrogens is 312 g/mol. The molecule has 0 radical (unpaired) electrons. The Kier molecular flexibility index (Phi) is 5.61. The van der Waals surface area contributed by atoms with Gasteiger partial charge in [-0.15, -0.1) is 0 Å². The predicted octanol–water partition coefficient (Wildman–Crippen LogP) is 4.86. The standard InChI is InChI=1S/C21H30N2O2/c1-14-11-12-15(2)23(14)19-10-8-9-18(17(19)4)13-16(3)25-20(24)22-21(5,6)7/h8-12,16H,13H2,1-7H3,(H,22,24)/t16-/m1/s1. The van der Waals surface area contributed by atoms with Crippen LogP contribution < -0.4 is 5.32 Å². The smallest absolute Gasteiger partial charge is 0.407 e. The Bertz CT molecular complexity index is 734. The van der Waals surface area contributed by atoms with Gasteiger partial charge in [-0.1, -0.05) is 12.1 Å². The molecule has 4 nitrogen and oxygen atoms in total. The Morgan fingerprint density at radius 2 is 1.72 bits per heavy atom. The van der Waals surface area contributed by atoms with Gasteiger partial charge in [0.25, 0.3) is 0 Å². The molecule has 0 fully saturated rings. The quantitative estimate of drug-likeness (QED) is 0.862. The van der Waals surface area contributed by atoms with E-state index in [0.29, 0.717) is 6.42 Å². The Morgan fingerprint density at radius 3 is 2.28 bits per heavy atom. The Hall–Kier alpha value is -2.23. The number of nitrogens with one attached hydrogen (secondary N) is 1. The van der Waals surface area contributed by atoms with Gasteiger partial charge in [-0.3, -0.25) is 0 Å². The van der Waals surface area contributed by atoms with Gasteiger partial charge >= 0.3 is 6.09 Å². The van der Waals surface area contributed by atoms with Crippen molar-refractivity contribution in [1.82, 2.24) is 9.88 Å². The van der Waals surface area contributed by atoms with Crippen LogP contribution in [0.15, 0.2) is 30.3 Å². The fraction of sp³-hybridized carbons (Fsp3) is 0.476. The van der Waals surface area contributed by atoms with Crippen molar-refractivity contribution in [3.8, 4) is 5.69 Å². The summed E-state index contributed by atoms with van der Waals surface area (Å²) in [5, 5.41) is 2.83. The molecule has 0 unspecified atom stereocenters. The molecule has 1 amide bonds. The maximum Gasteiger partial charge on any atom is 0.407 e. The van der Waals surface area contributed by atoms with Crippen molar-refractivity contribution in [3.05, 3.63) is 52.8 Å². The zero-order valence-electron chi connectivity index (χ0n) is 16.4. The summed E-state index contributed by atoms with van der Waals surface area (Å²) >= 11 is 0. The Morgan fingerprint density at radius 1 is 1.12 bits per heavy atom. The van der Waals surface area contributed by atoms with Crippen LogP contribution in [0.2, 0.25) is 0 Å². The van der Waals surface area contributed by atoms with Gasteiger partial charge < -0.3 is 14.6 Å².